The van der Waals surface area contributed by atoms with Gasteiger partial charge >= 0.3 is 11.9 Å². The van der Waals surface area contributed by atoms with Crippen LogP contribution in [0.15, 0.2) is 42.0 Å². The van der Waals surface area contributed by atoms with Crippen molar-refractivity contribution in [3.63, 3.8) is 0 Å². The van der Waals surface area contributed by atoms with E-state index in [1.165, 1.54) is 13.2 Å². The molecule has 2 aromatic rings. The minimum atomic E-state index is -1.12. The van der Waals surface area contributed by atoms with E-state index in [1.807, 2.05) is 12.1 Å². The summed E-state index contributed by atoms with van der Waals surface area (Å²) in [4.78, 5) is 25.3. The van der Waals surface area contributed by atoms with E-state index >= 15 is 0 Å². The highest BCUT2D eigenvalue weighted by molar-refractivity contribution is 14.1. The predicted molar refractivity (Wildman–Crippen MR) is 127 cm³/mol. The molecule has 1 spiro atoms. The minimum absolute atomic E-state index is 0.152. The van der Waals surface area contributed by atoms with Crippen LogP contribution in [0.1, 0.15) is 48.8 Å². The average molecular weight is 559 g/mol. The lowest BCUT2D eigenvalue weighted by molar-refractivity contribution is -0.244. The molecule has 2 fully saturated rings. The van der Waals surface area contributed by atoms with Gasteiger partial charge in [-0.05, 0) is 65.3 Å². The second kappa shape index (κ2) is 9.83. The number of nitrogens with zero attached hydrogens (tertiary/aromatic N) is 1. The van der Waals surface area contributed by atoms with E-state index in [1.54, 1.807) is 24.3 Å². The van der Waals surface area contributed by atoms with Gasteiger partial charge in [0, 0.05) is 18.4 Å². The summed E-state index contributed by atoms with van der Waals surface area (Å²) in [5.74, 6) is -1.52. The smallest absolute Gasteiger partial charge is 0.348 e. The first-order chi connectivity index (χ1) is 15.9. The highest BCUT2D eigenvalue weighted by Crippen LogP contribution is 2.39. The van der Waals surface area contributed by atoms with E-state index in [2.05, 4.69) is 28.7 Å². The molecule has 2 aliphatic rings. The van der Waals surface area contributed by atoms with Gasteiger partial charge in [0.2, 0.25) is 0 Å². The van der Waals surface area contributed by atoms with E-state index in [-0.39, 0.29) is 12.2 Å². The number of carbonyl (C=O) groups is 2. The molecule has 1 saturated heterocycles. The molecule has 170 valence electrons. The van der Waals surface area contributed by atoms with Gasteiger partial charge in [0.1, 0.15) is 12.2 Å². The van der Waals surface area contributed by atoms with E-state index in [9.17, 15) is 14.9 Å². The summed E-state index contributed by atoms with van der Waals surface area (Å²) in [5.41, 5.74) is 1.72. The first-order valence-electron chi connectivity index (χ1n) is 10.6. The zero-order chi connectivity index (χ0) is 23.4. The van der Waals surface area contributed by atoms with Crippen molar-refractivity contribution in [1.82, 2.24) is 0 Å². The Labute approximate surface area is 205 Å². The van der Waals surface area contributed by atoms with Gasteiger partial charge in [-0.2, -0.15) is 5.26 Å². The van der Waals surface area contributed by atoms with E-state index < -0.39 is 17.7 Å². The molecule has 2 aromatic carbocycles. The third-order valence-corrected chi connectivity index (χ3v) is 6.49. The molecule has 1 saturated carbocycles. The molecule has 7 nitrogen and oxygen atoms in total. The van der Waals surface area contributed by atoms with Crippen LogP contribution in [-0.2, 0) is 25.7 Å². The number of hydrogen-bond acceptors (Lipinski definition) is 7. The molecule has 1 heterocycles. The largest absolute Gasteiger partial charge is 0.493 e. The second-order valence-corrected chi connectivity index (χ2v) is 9.06. The Hall–Kier alpha value is -3.06. The molecule has 33 heavy (non-hydrogen) atoms. The average Bonchev–Trinajstić information content (AvgIpc) is 2.81. The normalized spacial score (nSPS) is 17.1. The van der Waals surface area contributed by atoms with Crippen molar-refractivity contribution in [3.05, 3.63) is 62.2 Å². The summed E-state index contributed by atoms with van der Waals surface area (Å²) < 4.78 is 23.3. The van der Waals surface area contributed by atoms with Crippen molar-refractivity contribution >= 4 is 40.6 Å². The summed E-state index contributed by atoms with van der Waals surface area (Å²) in [6.07, 6.45) is 5.26. The lowest BCUT2D eigenvalue weighted by Crippen LogP contribution is -2.47. The Bertz CT molecular complexity index is 1140. The molecule has 0 unspecified atom stereocenters. The van der Waals surface area contributed by atoms with Crippen molar-refractivity contribution in [2.75, 3.05) is 7.11 Å². The topological polar surface area (TPSA) is 94.8 Å². The van der Waals surface area contributed by atoms with Crippen LogP contribution in [0.25, 0.3) is 6.08 Å². The second-order valence-electron chi connectivity index (χ2n) is 7.90. The molecule has 0 N–H and O–H groups in total. The van der Waals surface area contributed by atoms with Crippen LogP contribution in [-0.4, -0.2) is 24.8 Å². The molecular formula is C25H22INO6. The van der Waals surface area contributed by atoms with Crippen LogP contribution >= 0.6 is 22.6 Å². The zero-order valence-corrected chi connectivity index (χ0v) is 20.2. The SMILES string of the molecule is COc1cc(C=C2C(=O)OC3(CCCCC3)OC2=O)cc(I)c1OCc1ccccc1C#N. The third kappa shape index (κ3) is 4.98. The van der Waals surface area contributed by atoms with Gasteiger partial charge < -0.3 is 18.9 Å². The maximum atomic E-state index is 12.6. The first kappa shape index (κ1) is 23.1. The number of esters is 2. The number of nitriles is 1. The van der Waals surface area contributed by atoms with Crippen molar-refractivity contribution in [2.24, 2.45) is 0 Å². The predicted octanol–water partition coefficient (Wildman–Crippen LogP) is 4.89. The van der Waals surface area contributed by atoms with Crippen LogP contribution < -0.4 is 9.47 Å². The molecule has 1 aliphatic heterocycles. The lowest BCUT2D eigenvalue weighted by atomic mass is 9.93. The summed E-state index contributed by atoms with van der Waals surface area (Å²) >= 11 is 2.10. The number of hydrogen-bond donors (Lipinski definition) is 0. The monoisotopic (exact) mass is 559 g/mol. The van der Waals surface area contributed by atoms with Crippen LogP contribution in [0.5, 0.6) is 11.5 Å². The standard InChI is InChI=1S/C25H22INO6/c1-30-21-13-16(11-19-23(28)32-25(33-24(19)29)9-5-2-6-10-25)12-20(26)22(21)31-15-18-8-4-3-7-17(18)14-27/h3-4,7-8,11-13H,2,5-6,9-10,15H2,1H3. The van der Waals surface area contributed by atoms with Gasteiger partial charge in [0.05, 0.1) is 22.3 Å². The highest BCUT2D eigenvalue weighted by Gasteiger charge is 2.46. The van der Waals surface area contributed by atoms with Gasteiger partial charge in [-0.3, -0.25) is 0 Å². The Kier molecular flexibility index (Phi) is 6.88. The summed E-state index contributed by atoms with van der Waals surface area (Å²) in [5, 5.41) is 9.27. The Balaban J connectivity index is 1.56. The van der Waals surface area contributed by atoms with Crippen molar-refractivity contribution in [2.45, 2.75) is 44.5 Å². The maximum Gasteiger partial charge on any atom is 0.348 e. The number of carbonyl (C=O) groups excluding carboxylic acids is 2. The molecule has 8 heteroatoms. The van der Waals surface area contributed by atoms with E-state index in [4.69, 9.17) is 18.9 Å². The fraction of sp³-hybridized carbons (Fsp3) is 0.320. The molecule has 0 amide bonds. The van der Waals surface area contributed by atoms with Gasteiger partial charge in [-0.25, -0.2) is 9.59 Å². The Morgan fingerprint density at radius 1 is 1.12 bits per heavy atom. The molecule has 1 aliphatic carbocycles. The fourth-order valence-electron chi connectivity index (χ4n) is 4.00. The quantitative estimate of drug-likeness (QED) is 0.223. The number of methoxy groups -OCH3 is 1. The van der Waals surface area contributed by atoms with Crippen LogP contribution in [0.2, 0.25) is 0 Å². The third-order valence-electron chi connectivity index (χ3n) is 5.69. The maximum absolute atomic E-state index is 12.6. The number of rotatable bonds is 5. The van der Waals surface area contributed by atoms with E-state index in [0.717, 1.165) is 28.4 Å². The highest BCUT2D eigenvalue weighted by atomic mass is 127. The van der Waals surface area contributed by atoms with Gasteiger partial charge in [0.15, 0.2) is 11.5 Å². The molecular weight excluding hydrogens is 537 g/mol. The molecule has 0 aromatic heterocycles. The van der Waals surface area contributed by atoms with Crippen LogP contribution in [0.3, 0.4) is 0 Å². The lowest BCUT2D eigenvalue weighted by Gasteiger charge is -2.38. The molecule has 4 rings (SSSR count). The summed E-state index contributed by atoms with van der Waals surface area (Å²) in [6.45, 7) is 0.192. The number of ether oxygens (including phenoxy) is 4. The summed E-state index contributed by atoms with van der Waals surface area (Å²) in [7, 11) is 1.51. The van der Waals surface area contributed by atoms with Gasteiger partial charge in [-0.1, -0.05) is 24.6 Å². The zero-order valence-electron chi connectivity index (χ0n) is 18.1. The van der Waals surface area contributed by atoms with Crippen molar-refractivity contribution in [3.8, 4) is 17.6 Å². The minimum Gasteiger partial charge on any atom is -0.493 e. The van der Waals surface area contributed by atoms with Crippen molar-refractivity contribution < 1.29 is 28.5 Å². The number of halogens is 1. The summed E-state index contributed by atoms with van der Waals surface area (Å²) in [6, 6.07) is 12.8. The Morgan fingerprint density at radius 2 is 1.82 bits per heavy atom. The first-order valence-corrected chi connectivity index (χ1v) is 11.7. The number of benzene rings is 2. The van der Waals surface area contributed by atoms with Crippen LogP contribution in [0, 0.1) is 14.9 Å². The van der Waals surface area contributed by atoms with Crippen LogP contribution in [0.4, 0.5) is 0 Å². The molecule has 0 atom stereocenters. The molecule has 0 radical (unpaired) electrons. The van der Waals surface area contributed by atoms with E-state index in [0.29, 0.717) is 35.5 Å². The van der Waals surface area contributed by atoms with Gasteiger partial charge in [0.25, 0.3) is 5.79 Å². The van der Waals surface area contributed by atoms with Gasteiger partial charge in [-0.15, -0.1) is 0 Å². The fourth-order valence-corrected chi connectivity index (χ4v) is 4.78. The Morgan fingerprint density at radius 3 is 2.48 bits per heavy atom. The molecule has 0 bridgehead atoms. The van der Waals surface area contributed by atoms with Crippen molar-refractivity contribution in [1.29, 1.82) is 5.26 Å².